The third-order valence-electron chi connectivity index (χ3n) is 1.28. The molecule has 11 heavy (non-hydrogen) atoms. The van der Waals surface area contributed by atoms with Crippen molar-refractivity contribution >= 4 is 11.5 Å². The Bertz CT molecular complexity index is 298. The molecule has 0 fully saturated rings. The molecule has 0 bridgehead atoms. The van der Waals surface area contributed by atoms with Crippen LogP contribution in [-0.2, 0) is 0 Å². The van der Waals surface area contributed by atoms with Crippen molar-refractivity contribution in [1.82, 2.24) is 4.98 Å². The van der Waals surface area contributed by atoms with Crippen LogP contribution in [0.1, 0.15) is 5.69 Å². The lowest BCUT2D eigenvalue weighted by Crippen LogP contribution is -1.97. The summed E-state index contributed by atoms with van der Waals surface area (Å²) in [5.74, 6) is 0.299. The molecule has 5 heteroatoms. The van der Waals surface area contributed by atoms with Crippen LogP contribution in [0.15, 0.2) is 12.1 Å². The Morgan fingerprint density at radius 2 is 2.27 bits per heavy atom. The van der Waals surface area contributed by atoms with Crippen LogP contribution < -0.4 is 5.73 Å². The predicted molar refractivity (Wildman–Crippen MR) is 40.0 cm³/mol. The zero-order valence-electron chi connectivity index (χ0n) is 5.94. The number of pyridine rings is 1. The average molecular weight is 153 g/mol. The van der Waals surface area contributed by atoms with Crippen LogP contribution in [0.3, 0.4) is 0 Å². The van der Waals surface area contributed by atoms with Gasteiger partial charge in [-0.3, -0.25) is 10.1 Å². The first kappa shape index (κ1) is 7.46. The lowest BCUT2D eigenvalue weighted by Gasteiger charge is -1.95. The monoisotopic (exact) mass is 153 g/mol. The number of rotatable bonds is 1. The Labute approximate surface area is 63.0 Å². The highest BCUT2D eigenvalue weighted by molar-refractivity contribution is 5.41. The number of hydrogen-bond donors (Lipinski definition) is 1. The van der Waals surface area contributed by atoms with E-state index in [4.69, 9.17) is 5.73 Å². The summed E-state index contributed by atoms with van der Waals surface area (Å²) in [4.78, 5) is 13.5. The van der Waals surface area contributed by atoms with Gasteiger partial charge in [0.1, 0.15) is 11.5 Å². The summed E-state index contributed by atoms with van der Waals surface area (Å²) < 4.78 is 0. The molecule has 0 aromatic carbocycles. The summed E-state index contributed by atoms with van der Waals surface area (Å²) in [5.41, 5.74) is 5.64. The Hall–Kier alpha value is -1.65. The molecule has 0 saturated heterocycles. The summed E-state index contributed by atoms with van der Waals surface area (Å²) in [6.45, 7) is 1.55. The Morgan fingerprint density at radius 3 is 2.73 bits per heavy atom. The molecule has 0 aliphatic carbocycles. The Morgan fingerprint density at radius 1 is 1.64 bits per heavy atom. The maximum absolute atomic E-state index is 10.3. The summed E-state index contributed by atoms with van der Waals surface area (Å²) in [6.07, 6.45) is 0. The van der Waals surface area contributed by atoms with E-state index in [-0.39, 0.29) is 5.69 Å². The molecule has 1 rings (SSSR count). The summed E-state index contributed by atoms with van der Waals surface area (Å²) in [7, 11) is 0. The van der Waals surface area contributed by atoms with Gasteiger partial charge in [-0.1, -0.05) is 0 Å². The molecule has 0 saturated carbocycles. The van der Waals surface area contributed by atoms with Gasteiger partial charge in [-0.2, -0.15) is 0 Å². The molecule has 5 nitrogen and oxygen atoms in total. The maximum Gasteiger partial charge on any atom is 0.290 e. The molecule has 1 aromatic heterocycles. The van der Waals surface area contributed by atoms with Gasteiger partial charge < -0.3 is 5.73 Å². The summed E-state index contributed by atoms with van der Waals surface area (Å²) >= 11 is 0. The van der Waals surface area contributed by atoms with E-state index in [1.807, 2.05) is 0 Å². The number of nitrogens with two attached hydrogens (primary N) is 1. The molecule has 0 amide bonds. The van der Waals surface area contributed by atoms with Crippen molar-refractivity contribution in [1.29, 1.82) is 0 Å². The second-order valence-electron chi connectivity index (χ2n) is 2.10. The zero-order valence-corrected chi connectivity index (χ0v) is 5.94. The third kappa shape index (κ3) is 1.43. The van der Waals surface area contributed by atoms with Crippen molar-refractivity contribution in [3.8, 4) is 0 Å². The third-order valence-corrected chi connectivity index (χ3v) is 1.28. The van der Waals surface area contributed by atoms with Gasteiger partial charge in [0.25, 0.3) is 5.69 Å². The van der Waals surface area contributed by atoms with Gasteiger partial charge in [-0.15, -0.1) is 0 Å². The smallest absolute Gasteiger partial charge is 0.290 e. The van der Waals surface area contributed by atoms with Gasteiger partial charge in [0, 0.05) is 6.07 Å². The molecule has 0 atom stereocenters. The molecular formula is C6H7N3O2. The van der Waals surface area contributed by atoms with Crippen LogP contribution in [-0.4, -0.2) is 9.91 Å². The van der Waals surface area contributed by atoms with Crippen LogP contribution >= 0.6 is 0 Å². The van der Waals surface area contributed by atoms with Crippen molar-refractivity contribution < 1.29 is 4.92 Å². The Balaban J connectivity index is 3.20. The summed E-state index contributed by atoms with van der Waals surface area (Å²) in [6, 6.07) is 2.75. The van der Waals surface area contributed by atoms with Crippen LogP contribution in [0.5, 0.6) is 0 Å². The van der Waals surface area contributed by atoms with Crippen molar-refractivity contribution in [3.63, 3.8) is 0 Å². The van der Waals surface area contributed by atoms with Gasteiger partial charge in [0.05, 0.1) is 4.92 Å². The number of aryl methyl sites for hydroxylation is 1. The molecule has 0 unspecified atom stereocenters. The number of nitro groups is 1. The first-order valence-electron chi connectivity index (χ1n) is 2.99. The average Bonchev–Trinajstić information content (AvgIpc) is 1.85. The highest BCUT2D eigenvalue weighted by Crippen LogP contribution is 2.15. The van der Waals surface area contributed by atoms with E-state index in [1.54, 1.807) is 6.92 Å². The number of nitrogen functional groups attached to an aromatic ring is 1. The molecule has 0 aliphatic rings. The van der Waals surface area contributed by atoms with Crippen LogP contribution in [0.25, 0.3) is 0 Å². The topological polar surface area (TPSA) is 82.0 Å². The lowest BCUT2D eigenvalue weighted by atomic mass is 10.3. The minimum absolute atomic E-state index is 0.000741. The molecule has 1 aromatic rings. The van der Waals surface area contributed by atoms with E-state index in [0.717, 1.165) is 0 Å². The highest BCUT2D eigenvalue weighted by Gasteiger charge is 2.09. The van der Waals surface area contributed by atoms with Crippen molar-refractivity contribution in [2.75, 3.05) is 5.73 Å². The van der Waals surface area contributed by atoms with Crippen LogP contribution in [0.4, 0.5) is 11.5 Å². The second-order valence-corrected chi connectivity index (χ2v) is 2.10. The van der Waals surface area contributed by atoms with Crippen molar-refractivity contribution in [3.05, 3.63) is 27.9 Å². The molecule has 0 radical (unpaired) electrons. The summed E-state index contributed by atoms with van der Waals surface area (Å²) in [5, 5.41) is 10.3. The first-order chi connectivity index (χ1) is 5.11. The van der Waals surface area contributed by atoms with E-state index in [1.165, 1.54) is 12.1 Å². The van der Waals surface area contributed by atoms with E-state index in [9.17, 15) is 10.1 Å². The Kier molecular flexibility index (Phi) is 1.72. The fourth-order valence-corrected chi connectivity index (χ4v) is 0.766. The number of nitrogens with zero attached hydrogens (tertiary/aromatic N) is 2. The molecule has 58 valence electrons. The maximum atomic E-state index is 10.3. The fraction of sp³-hybridized carbons (Fsp3) is 0.167. The van der Waals surface area contributed by atoms with Gasteiger partial charge in [-0.25, -0.2) is 4.98 Å². The molecule has 2 N–H and O–H groups in total. The molecule has 1 heterocycles. The zero-order chi connectivity index (χ0) is 8.43. The minimum Gasteiger partial charge on any atom is -0.384 e. The van der Waals surface area contributed by atoms with Gasteiger partial charge in [0.2, 0.25) is 0 Å². The van der Waals surface area contributed by atoms with Gasteiger partial charge in [0.15, 0.2) is 0 Å². The standard InChI is InChI=1S/C6H7N3O2/c1-4-5(9(10)11)2-3-6(7)8-4/h2-3H,1H3,(H2,7,8). The fourth-order valence-electron chi connectivity index (χ4n) is 0.766. The lowest BCUT2D eigenvalue weighted by molar-refractivity contribution is -0.385. The quantitative estimate of drug-likeness (QED) is 0.479. The largest absolute Gasteiger partial charge is 0.384 e. The molecular weight excluding hydrogens is 146 g/mol. The highest BCUT2D eigenvalue weighted by atomic mass is 16.6. The molecule has 0 spiro atoms. The number of anilines is 1. The van der Waals surface area contributed by atoms with Crippen LogP contribution in [0.2, 0.25) is 0 Å². The van der Waals surface area contributed by atoms with E-state index < -0.39 is 4.92 Å². The minimum atomic E-state index is -0.484. The van der Waals surface area contributed by atoms with E-state index >= 15 is 0 Å². The van der Waals surface area contributed by atoms with Crippen molar-refractivity contribution in [2.45, 2.75) is 6.92 Å². The second kappa shape index (κ2) is 2.53. The van der Waals surface area contributed by atoms with Gasteiger partial charge in [-0.05, 0) is 13.0 Å². The number of hydrogen-bond acceptors (Lipinski definition) is 4. The SMILES string of the molecule is Cc1nc(N)ccc1[N+](=O)[O-]. The number of aromatic nitrogens is 1. The van der Waals surface area contributed by atoms with E-state index in [0.29, 0.717) is 11.5 Å². The first-order valence-corrected chi connectivity index (χ1v) is 2.99. The van der Waals surface area contributed by atoms with Crippen molar-refractivity contribution in [2.24, 2.45) is 0 Å². The normalized spacial score (nSPS) is 9.55. The van der Waals surface area contributed by atoms with Crippen LogP contribution in [0, 0.1) is 17.0 Å². The van der Waals surface area contributed by atoms with E-state index in [2.05, 4.69) is 4.98 Å². The molecule has 0 aliphatic heterocycles. The predicted octanol–water partition coefficient (Wildman–Crippen LogP) is 0.880. The van der Waals surface area contributed by atoms with Gasteiger partial charge >= 0.3 is 0 Å².